The molecular weight excluding hydrogens is 292 g/mol. The number of rotatable bonds is 6. The van der Waals surface area contributed by atoms with Crippen molar-refractivity contribution in [2.75, 3.05) is 16.8 Å². The van der Waals surface area contributed by atoms with E-state index < -0.39 is 21.9 Å². The number of para-hydroxylation sites is 1. The lowest BCUT2D eigenvalue weighted by atomic mass is 10.3. The van der Waals surface area contributed by atoms with Crippen LogP contribution >= 0.6 is 11.8 Å². The van der Waals surface area contributed by atoms with E-state index in [-0.39, 0.29) is 22.1 Å². The first kappa shape index (κ1) is 15.5. The summed E-state index contributed by atoms with van der Waals surface area (Å²) in [7, 11) is -3.93. The topological polar surface area (TPSA) is 127 Å². The van der Waals surface area contributed by atoms with E-state index in [0.29, 0.717) is 0 Å². The summed E-state index contributed by atoms with van der Waals surface area (Å²) < 4.78 is 22.6. The van der Waals surface area contributed by atoms with E-state index in [1.54, 1.807) is 6.07 Å². The zero-order chi connectivity index (χ0) is 14.5. The average Bonchev–Trinajstić information content (AvgIpc) is 2.27. The highest BCUT2D eigenvalue weighted by molar-refractivity contribution is 8.00. The molecule has 0 aromatic heterocycles. The molecule has 0 spiro atoms. The molecule has 0 saturated heterocycles. The summed E-state index contributed by atoms with van der Waals surface area (Å²) in [6.45, 7) is 0. The summed E-state index contributed by atoms with van der Waals surface area (Å²) in [5, 5.41) is 15.8. The summed E-state index contributed by atoms with van der Waals surface area (Å²) in [6, 6.07) is 5.71. The number of primary sulfonamides is 1. The molecule has 1 aromatic rings. The summed E-state index contributed by atoms with van der Waals surface area (Å²) in [6.07, 6.45) is 0. The number of carbonyl (C=O) groups is 2. The first-order valence-electron chi connectivity index (χ1n) is 5.02. The highest BCUT2D eigenvalue weighted by Gasteiger charge is 2.15. The molecule has 7 nitrogen and oxygen atoms in total. The number of amides is 1. The van der Waals surface area contributed by atoms with E-state index in [9.17, 15) is 18.0 Å². The van der Waals surface area contributed by atoms with Crippen molar-refractivity contribution in [1.29, 1.82) is 0 Å². The van der Waals surface area contributed by atoms with Crippen LogP contribution in [-0.4, -0.2) is 36.9 Å². The van der Waals surface area contributed by atoms with Crippen molar-refractivity contribution < 1.29 is 23.1 Å². The first-order valence-corrected chi connectivity index (χ1v) is 7.72. The minimum Gasteiger partial charge on any atom is -0.481 e. The SMILES string of the molecule is NS(=O)(=O)c1ccccc1NC(=O)CSCC(=O)O. The number of carbonyl (C=O) groups excluding carboxylic acids is 1. The van der Waals surface area contributed by atoms with Crippen molar-refractivity contribution in [3.63, 3.8) is 0 Å². The van der Waals surface area contributed by atoms with Gasteiger partial charge in [0, 0.05) is 0 Å². The Hall–Kier alpha value is -1.58. The molecule has 0 aliphatic rings. The average molecular weight is 304 g/mol. The largest absolute Gasteiger partial charge is 0.481 e. The molecule has 0 aliphatic heterocycles. The Morgan fingerprint density at radius 1 is 1.26 bits per heavy atom. The van der Waals surface area contributed by atoms with Gasteiger partial charge in [-0.25, -0.2) is 13.6 Å². The number of carboxylic acid groups (broad SMARTS) is 1. The predicted molar refractivity (Wildman–Crippen MR) is 71.4 cm³/mol. The van der Waals surface area contributed by atoms with Gasteiger partial charge in [-0.2, -0.15) is 0 Å². The van der Waals surface area contributed by atoms with Crippen molar-refractivity contribution in [2.24, 2.45) is 5.14 Å². The molecule has 0 radical (unpaired) electrons. The fraction of sp³-hybridized carbons (Fsp3) is 0.200. The van der Waals surface area contributed by atoms with Gasteiger partial charge in [-0.15, -0.1) is 11.8 Å². The number of hydrogen-bond acceptors (Lipinski definition) is 5. The minimum atomic E-state index is -3.93. The molecule has 104 valence electrons. The van der Waals surface area contributed by atoms with Gasteiger partial charge in [0.2, 0.25) is 15.9 Å². The molecule has 9 heteroatoms. The van der Waals surface area contributed by atoms with Crippen LogP contribution in [-0.2, 0) is 19.6 Å². The van der Waals surface area contributed by atoms with Crippen molar-refractivity contribution in [2.45, 2.75) is 4.90 Å². The molecule has 0 saturated carbocycles. The third kappa shape index (κ3) is 5.28. The van der Waals surface area contributed by atoms with Crippen LogP contribution in [0.1, 0.15) is 0 Å². The Bertz CT molecular complexity index is 585. The van der Waals surface area contributed by atoms with E-state index in [4.69, 9.17) is 10.2 Å². The van der Waals surface area contributed by atoms with Gasteiger partial charge >= 0.3 is 5.97 Å². The standard InChI is InChI=1S/C10H12N2O5S2/c11-19(16,17)8-4-2-1-3-7(8)12-9(13)5-18-6-10(14)15/h1-4H,5-6H2,(H,12,13)(H,14,15)(H2,11,16,17). The highest BCUT2D eigenvalue weighted by atomic mass is 32.2. The molecule has 0 bridgehead atoms. The van der Waals surface area contributed by atoms with Crippen LogP contribution in [0, 0.1) is 0 Å². The third-order valence-electron chi connectivity index (χ3n) is 1.93. The number of sulfonamides is 1. The van der Waals surface area contributed by atoms with Gasteiger partial charge in [0.25, 0.3) is 0 Å². The Balaban J connectivity index is 2.72. The fourth-order valence-electron chi connectivity index (χ4n) is 1.24. The zero-order valence-corrected chi connectivity index (χ0v) is 11.3. The van der Waals surface area contributed by atoms with Gasteiger partial charge in [-0.3, -0.25) is 9.59 Å². The first-order chi connectivity index (χ1) is 8.80. The van der Waals surface area contributed by atoms with Crippen LogP contribution < -0.4 is 10.5 Å². The maximum Gasteiger partial charge on any atom is 0.313 e. The lowest BCUT2D eigenvalue weighted by Crippen LogP contribution is -2.19. The molecule has 19 heavy (non-hydrogen) atoms. The van der Waals surface area contributed by atoms with Crippen LogP contribution in [0.5, 0.6) is 0 Å². The molecule has 0 atom stereocenters. The molecule has 1 rings (SSSR count). The molecule has 0 unspecified atom stereocenters. The number of hydrogen-bond donors (Lipinski definition) is 3. The number of thioether (sulfide) groups is 1. The maximum absolute atomic E-state index is 11.5. The van der Waals surface area contributed by atoms with E-state index in [2.05, 4.69) is 5.32 Å². The van der Waals surface area contributed by atoms with Crippen LogP contribution in [0.15, 0.2) is 29.2 Å². The van der Waals surface area contributed by atoms with E-state index >= 15 is 0 Å². The van der Waals surface area contributed by atoms with Crippen molar-refractivity contribution in [3.8, 4) is 0 Å². The second-order valence-electron chi connectivity index (χ2n) is 3.48. The minimum absolute atomic E-state index is 0.0749. The Labute approximate surface area is 114 Å². The van der Waals surface area contributed by atoms with Crippen molar-refractivity contribution >= 4 is 39.3 Å². The summed E-state index contributed by atoms with van der Waals surface area (Å²) in [5.41, 5.74) is 0.0749. The Morgan fingerprint density at radius 3 is 2.47 bits per heavy atom. The van der Waals surface area contributed by atoms with Gasteiger partial charge < -0.3 is 10.4 Å². The zero-order valence-electron chi connectivity index (χ0n) is 9.70. The summed E-state index contributed by atoms with van der Waals surface area (Å²) in [4.78, 5) is 21.6. The number of benzene rings is 1. The molecule has 1 amide bonds. The number of anilines is 1. The predicted octanol–water partition coefficient (Wildman–Crippen LogP) is 0.0903. The highest BCUT2D eigenvalue weighted by Crippen LogP contribution is 2.19. The summed E-state index contributed by atoms with van der Waals surface area (Å²) >= 11 is 0.910. The number of nitrogens with two attached hydrogens (primary N) is 1. The Kier molecular flexibility index (Phi) is 5.33. The quantitative estimate of drug-likeness (QED) is 0.683. The van der Waals surface area contributed by atoms with Gasteiger partial charge in [0.1, 0.15) is 4.90 Å². The number of carboxylic acids is 1. The second-order valence-corrected chi connectivity index (χ2v) is 5.99. The van der Waals surface area contributed by atoms with Crippen LogP contribution in [0.4, 0.5) is 5.69 Å². The van der Waals surface area contributed by atoms with Gasteiger partial charge in [-0.05, 0) is 12.1 Å². The molecule has 0 heterocycles. The number of aliphatic carboxylic acids is 1. The monoisotopic (exact) mass is 304 g/mol. The van der Waals surface area contributed by atoms with Crippen molar-refractivity contribution in [1.82, 2.24) is 0 Å². The molecule has 4 N–H and O–H groups in total. The van der Waals surface area contributed by atoms with Crippen LogP contribution in [0.25, 0.3) is 0 Å². The molecule has 0 aliphatic carbocycles. The fourth-order valence-corrected chi connectivity index (χ4v) is 2.46. The smallest absolute Gasteiger partial charge is 0.313 e. The van der Waals surface area contributed by atoms with E-state index in [0.717, 1.165) is 11.8 Å². The number of nitrogens with one attached hydrogen (secondary N) is 1. The molecular formula is C10H12N2O5S2. The van der Waals surface area contributed by atoms with Gasteiger partial charge in [-0.1, -0.05) is 12.1 Å². The lowest BCUT2D eigenvalue weighted by Gasteiger charge is -2.08. The molecule has 1 aromatic carbocycles. The van der Waals surface area contributed by atoms with Crippen LogP contribution in [0.2, 0.25) is 0 Å². The van der Waals surface area contributed by atoms with Crippen LogP contribution in [0.3, 0.4) is 0 Å². The third-order valence-corrected chi connectivity index (χ3v) is 3.81. The summed E-state index contributed by atoms with van der Waals surface area (Å²) in [5.74, 6) is -1.82. The lowest BCUT2D eigenvalue weighted by molar-refractivity contribution is -0.133. The van der Waals surface area contributed by atoms with Crippen molar-refractivity contribution in [3.05, 3.63) is 24.3 Å². The Morgan fingerprint density at radius 2 is 1.89 bits per heavy atom. The van der Waals surface area contributed by atoms with Gasteiger partial charge in [0.05, 0.1) is 17.2 Å². The maximum atomic E-state index is 11.5. The second kappa shape index (κ2) is 6.55. The van der Waals surface area contributed by atoms with Gasteiger partial charge in [0.15, 0.2) is 0 Å². The molecule has 0 fully saturated rings. The van der Waals surface area contributed by atoms with E-state index in [1.807, 2.05) is 0 Å². The van der Waals surface area contributed by atoms with E-state index in [1.165, 1.54) is 18.2 Å². The normalized spacial score (nSPS) is 11.0.